The van der Waals surface area contributed by atoms with E-state index >= 15 is 0 Å². The first-order chi connectivity index (χ1) is 15.5. The van der Waals surface area contributed by atoms with Crippen molar-refractivity contribution in [1.29, 1.82) is 0 Å². The zero-order chi connectivity index (χ0) is 22.7. The summed E-state index contributed by atoms with van der Waals surface area (Å²) in [7, 11) is 2.15. The van der Waals surface area contributed by atoms with Gasteiger partial charge in [0.2, 0.25) is 5.52 Å². The zero-order valence-electron chi connectivity index (χ0n) is 19.3. The number of aromatic nitrogens is 1. The summed E-state index contributed by atoms with van der Waals surface area (Å²) in [6.07, 6.45) is 11.9. The summed E-state index contributed by atoms with van der Waals surface area (Å²) in [6, 6.07) is 15.1. The summed E-state index contributed by atoms with van der Waals surface area (Å²) in [5.41, 5.74) is 7.58. The second kappa shape index (κ2) is 9.76. The van der Waals surface area contributed by atoms with Crippen LogP contribution < -0.4 is 9.47 Å². The number of pyridine rings is 1. The van der Waals surface area contributed by atoms with Crippen LogP contribution in [0.2, 0.25) is 0 Å². The predicted molar refractivity (Wildman–Crippen MR) is 137 cm³/mol. The van der Waals surface area contributed by atoms with E-state index in [4.69, 9.17) is 0 Å². The van der Waals surface area contributed by atoms with Crippen LogP contribution in [-0.2, 0) is 6.54 Å². The fourth-order valence-corrected chi connectivity index (χ4v) is 5.12. The van der Waals surface area contributed by atoms with E-state index in [0.717, 1.165) is 11.9 Å². The van der Waals surface area contributed by atoms with Crippen LogP contribution in [0.3, 0.4) is 0 Å². The molecule has 4 heteroatoms. The Balaban J connectivity index is 1.60. The number of fused-ring (bicyclic) bond motifs is 2. The van der Waals surface area contributed by atoms with Crippen LogP contribution in [0.4, 0.5) is 5.69 Å². The molecule has 0 saturated heterocycles. The Morgan fingerprint density at radius 2 is 1.91 bits per heavy atom. The largest absolute Gasteiger partial charge is 0.390 e. The molecule has 0 amide bonds. The highest BCUT2D eigenvalue weighted by Gasteiger charge is 2.22. The van der Waals surface area contributed by atoms with Gasteiger partial charge >= 0.3 is 0 Å². The second-order valence-corrected chi connectivity index (χ2v) is 9.27. The van der Waals surface area contributed by atoms with Gasteiger partial charge in [-0.25, -0.2) is 0 Å². The summed E-state index contributed by atoms with van der Waals surface area (Å²) in [4.78, 5) is 3.61. The van der Waals surface area contributed by atoms with Crippen molar-refractivity contribution in [1.82, 2.24) is 0 Å². The van der Waals surface area contributed by atoms with Crippen molar-refractivity contribution < 1.29 is 9.67 Å². The van der Waals surface area contributed by atoms with Crippen LogP contribution in [0.25, 0.3) is 17.0 Å². The van der Waals surface area contributed by atoms with E-state index in [-0.39, 0.29) is 6.61 Å². The lowest BCUT2D eigenvalue weighted by molar-refractivity contribution is -0.672. The fourth-order valence-electron chi connectivity index (χ4n) is 3.99. The summed E-state index contributed by atoms with van der Waals surface area (Å²) in [5.74, 6) is 0. The highest BCUT2D eigenvalue weighted by Crippen LogP contribution is 2.46. The third-order valence-corrected chi connectivity index (χ3v) is 7.27. The summed E-state index contributed by atoms with van der Waals surface area (Å²) >= 11 is 1.84. The maximum Gasteiger partial charge on any atom is 0.213 e. The van der Waals surface area contributed by atoms with Crippen molar-refractivity contribution in [2.45, 2.75) is 38.6 Å². The lowest BCUT2D eigenvalue weighted by atomic mass is 10.1. The van der Waals surface area contributed by atoms with E-state index in [9.17, 15) is 5.11 Å². The third kappa shape index (κ3) is 4.52. The van der Waals surface area contributed by atoms with Gasteiger partial charge in [0.25, 0.3) is 0 Å². The number of benzene rings is 2. The average Bonchev–Trinajstić information content (AvgIpc) is 3.10. The maximum absolute atomic E-state index is 9.36. The number of para-hydroxylation sites is 1. The SMILES string of the molecule is CCC(=C/C=C1\Sc2cc(C)c(C)cc2N1C)/C=C/c1cc[n+](CCO)c2ccccc12. The highest BCUT2D eigenvalue weighted by molar-refractivity contribution is 8.03. The summed E-state index contributed by atoms with van der Waals surface area (Å²) in [5, 5.41) is 11.8. The van der Waals surface area contributed by atoms with Crippen LogP contribution in [0.15, 0.2) is 82.4 Å². The first kappa shape index (κ1) is 22.4. The molecule has 4 rings (SSSR count). The van der Waals surface area contributed by atoms with Crippen LogP contribution >= 0.6 is 11.8 Å². The molecule has 0 spiro atoms. The lowest BCUT2D eigenvalue weighted by Crippen LogP contribution is -2.36. The molecule has 3 nitrogen and oxygen atoms in total. The average molecular weight is 444 g/mol. The van der Waals surface area contributed by atoms with Gasteiger partial charge in [-0.15, -0.1) is 0 Å². The van der Waals surface area contributed by atoms with E-state index < -0.39 is 0 Å². The van der Waals surface area contributed by atoms with Crippen molar-refractivity contribution in [3.63, 3.8) is 0 Å². The van der Waals surface area contributed by atoms with Crippen molar-refractivity contribution >= 4 is 34.4 Å². The molecule has 164 valence electrons. The number of nitrogens with zero attached hydrogens (tertiary/aromatic N) is 2. The smallest absolute Gasteiger partial charge is 0.213 e. The fraction of sp³-hybridized carbons (Fsp3) is 0.250. The van der Waals surface area contributed by atoms with Crippen LogP contribution in [0, 0.1) is 13.8 Å². The Morgan fingerprint density at radius 3 is 2.69 bits per heavy atom. The van der Waals surface area contributed by atoms with E-state index in [2.05, 4.69) is 104 Å². The minimum atomic E-state index is 0.136. The summed E-state index contributed by atoms with van der Waals surface area (Å²) in [6.45, 7) is 7.28. The van der Waals surface area contributed by atoms with Gasteiger partial charge in [0.05, 0.1) is 16.1 Å². The highest BCUT2D eigenvalue weighted by atomic mass is 32.2. The van der Waals surface area contributed by atoms with E-state index in [1.54, 1.807) is 0 Å². The Hall–Kier alpha value is -2.82. The number of thioether (sulfide) groups is 1. The molecule has 1 aliphatic rings. The third-order valence-electron chi connectivity index (χ3n) is 6.11. The van der Waals surface area contributed by atoms with Crippen molar-refractivity contribution in [2.75, 3.05) is 18.6 Å². The standard InChI is InChI=1S/C28H31N2OS/c1-5-22(11-13-28-29(4)26-18-20(2)21(3)19-27(26)32-28)10-12-23-14-15-30(16-17-31)25-9-7-6-8-24(23)25/h6-15,18-19,31H,5,16-17H2,1-4H3/q+1. The Morgan fingerprint density at radius 1 is 1.12 bits per heavy atom. The van der Waals surface area contributed by atoms with Gasteiger partial charge in [-0.05, 0) is 66.8 Å². The van der Waals surface area contributed by atoms with Gasteiger partial charge in [0.1, 0.15) is 6.61 Å². The Kier molecular flexibility index (Phi) is 6.83. The normalized spacial score (nSPS) is 15.3. The number of aryl methyl sites for hydroxylation is 2. The van der Waals surface area contributed by atoms with Crippen LogP contribution in [0.5, 0.6) is 0 Å². The maximum atomic E-state index is 9.36. The number of anilines is 1. The van der Waals surface area contributed by atoms with E-state index in [1.165, 1.54) is 43.3 Å². The van der Waals surface area contributed by atoms with Crippen molar-refractivity contribution in [3.8, 4) is 0 Å². The van der Waals surface area contributed by atoms with Crippen LogP contribution in [-0.4, -0.2) is 18.8 Å². The van der Waals surface area contributed by atoms with E-state index in [1.807, 2.05) is 17.8 Å². The van der Waals surface area contributed by atoms with Crippen LogP contribution in [0.1, 0.15) is 30.0 Å². The molecule has 32 heavy (non-hydrogen) atoms. The van der Waals surface area contributed by atoms with Gasteiger partial charge in [-0.3, -0.25) is 0 Å². The number of aliphatic hydroxyl groups excluding tert-OH is 1. The molecule has 0 saturated carbocycles. The molecule has 3 aromatic rings. The molecule has 0 bridgehead atoms. The van der Waals surface area contributed by atoms with Gasteiger partial charge < -0.3 is 10.0 Å². The predicted octanol–water partition coefficient (Wildman–Crippen LogP) is 6.17. The molecule has 0 radical (unpaired) electrons. The molecule has 2 heterocycles. The zero-order valence-corrected chi connectivity index (χ0v) is 20.1. The minimum Gasteiger partial charge on any atom is -0.390 e. The Bertz CT molecular complexity index is 1240. The molecule has 1 aliphatic heterocycles. The Labute approximate surface area is 195 Å². The monoisotopic (exact) mass is 443 g/mol. The molecule has 0 aliphatic carbocycles. The molecule has 0 atom stereocenters. The number of aliphatic hydroxyl groups is 1. The number of allylic oxidation sites excluding steroid dienone is 4. The van der Waals surface area contributed by atoms with Gasteiger partial charge in [-0.1, -0.05) is 49.0 Å². The molecule has 1 aromatic heterocycles. The number of hydrogen-bond acceptors (Lipinski definition) is 3. The van der Waals surface area contributed by atoms with Gasteiger partial charge in [0, 0.05) is 24.1 Å². The molecular weight excluding hydrogens is 412 g/mol. The van der Waals surface area contributed by atoms with E-state index in [0.29, 0.717) is 6.54 Å². The topological polar surface area (TPSA) is 27.4 Å². The molecule has 1 N–H and O–H groups in total. The number of rotatable bonds is 6. The number of hydrogen-bond donors (Lipinski definition) is 1. The molecule has 0 unspecified atom stereocenters. The first-order valence-electron chi connectivity index (χ1n) is 11.2. The minimum absolute atomic E-state index is 0.136. The van der Waals surface area contributed by atoms with Crippen molar-refractivity contribution in [2.24, 2.45) is 0 Å². The second-order valence-electron chi connectivity index (χ2n) is 8.20. The van der Waals surface area contributed by atoms with Gasteiger partial charge in [0.15, 0.2) is 12.7 Å². The lowest BCUT2D eigenvalue weighted by Gasteiger charge is -2.14. The van der Waals surface area contributed by atoms with Crippen molar-refractivity contribution in [3.05, 3.63) is 94.2 Å². The molecule has 0 fully saturated rings. The quantitative estimate of drug-likeness (QED) is 0.365. The first-order valence-corrected chi connectivity index (χ1v) is 12.0. The molecular formula is C28H31N2OS+. The summed E-state index contributed by atoms with van der Waals surface area (Å²) < 4.78 is 2.10. The molecule has 2 aromatic carbocycles. The van der Waals surface area contributed by atoms with Gasteiger partial charge in [-0.2, -0.15) is 4.57 Å².